The lowest BCUT2D eigenvalue weighted by molar-refractivity contribution is -0.124. The Kier molecular flexibility index (Phi) is 17.3. The van der Waals surface area contributed by atoms with Crippen LogP contribution in [0.4, 0.5) is 17.1 Å². The van der Waals surface area contributed by atoms with Crippen molar-refractivity contribution in [3.63, 3.8) is 0 Å². The van der Waals surface area contributed by atoms with Crippen molar-refractivity contribution in [2.24, 2.45) is 11.8 Å². The number of fused-ring (bicyclic) bond motifs is 4. The third-order valence-corrected chi connectivity index (χ3v) is 19.2. The fourth-order valence-electron chi connectivity index (χ4n) is 12.8. The van der Waals surface area contributed by atoms with Crippen LogP contribution >= 0.6 is 0 Å². The van der Waals surface area contributed by atoms with Crippen LogP contribution in [-0.4, -0.2) is 77.2 Å². The molecule has 0 spiro atoms. The van der Waals surface area contributed by atoms with Crippen LogP contribution in [-0.2, 0) is 38.0 Å². The number of carbonyl (C=O) groups is 1. The molecule has 7 aromatic carbocycles. The van der Waals surface area contributed by atoms with E-state index in [-0.39, 0.29) is 54.6 Å². The van der Waals surface area contributed by atoms with Crippen LogP contribution in [0.25, 0.3) is 33.4 Å². The van der Waals surface area contributed by atoms with Gasteiger partial charge in [0.2, 0.25) is 21.1 Å². The van der Waals surface area contributed by atoms with Gasteiger partial charge in [0.1, 0.15) is 34.2 Å². The molecule has 13 heteroatoms. The third kappa shape index (κ3) is 11.4. The van der Waals surface area contributed by atoms with Crippen LogP contribution in [0.3, 0.4) is 0 Å². The quantitative estimate of drug-likeness (QED) is 0.0344. The zero-order valence-corrected chi connectivity index (χ0v) is 48.7. The number of methoxy groups -OCH3 is 2. The number of piperidine rings is 1. The molecule has 1 fully saturated rings. The summed E-state index contributed by atoms with van der Waals surface area (Å²) < 4.78 is 59.1. The maximum atomic E-state index is 15.1. The molecule has 0 saturated carbocycles. The molecule has 12 rings (SSSR count). The molecule has 0 bridgehead atoms. The van der Waals surface area contributed by atoms with Crippen molar-refractivity contribution in [3.05, 3.63) is 221 Å². The Balaban J connectivity index is 0.00000721. The summed E-state index contributed by atoms with van der Waals surface area (Å²) in [4.78, 5) is 16.4. The van der Waals surface area contributed by atoms with Gasteiger partial charge in [-0.25, -0.2) is 8.42 Å². The van der Waals surface area contributed by atoms with Gasteiger partial charge in [0.05, 0.1) is 31.8 Å². The molecule has 5 aliphatic rings. The second-order valence-corrected chi connectivity index (χ2v) is 23.9. The maximum absolute atomic E-state index is 15.1. The number of sulfonamides is 1. The van der Waals surface area contributed by atoms with E-state index < -0.39 is 15.6 Å². The second-order valence-electron chi connectivity index (χ2n) is 22.0. The van der Waals surface area contributed by atoms with E-state index in [1.165, 1.54) is 22.5 Å². The average Bonchev–Trinajstić information content (AvgIpc) is 2.48. The minimum Gasteiger partial charge on any atom is -1.00 e. The minimum absolute atomic E-state index is 0. The van der Waals surface area contributed by atoms with Gasteiger partial charge >= 0.3 is 0 Å². The Morgan fingerprint density at radius 1 is 0.687 bits per heavy atom. The smallest absolute Gasteiger partial charge is 0.243 e. The Morgan fingerprint density at radius 2 is 1.35 bits per heavy atom. The molecule has 1 unspecified atom stereocenters. The molecule has 4 heterocycles. The molecule has 7 aromatic rings. The van der Waals surface area contributed by atoms with E-state index in [1.54, 1.807) is 30.7 Å². The molecule has 1 N–H and O–H groups in total. The van der Waals surface area contributed by atoms with Crippen LogP contribution in [0, 0.1) is 11.8 Å². The van der Waals surface area contributed by atoms with Crippen molar-refractivity contribution < 1.29 is 49.4 Å². The minimum atomic E-state index is -4.01. The third-order valence-electron chi connectivity index (χ3n) is 17.3. The van der Waals surface area contributed by atoms with Crippen molar-refractivity contribution in [2.75, 3.05) is 58.5 Å². The van der Waals surface area contributed by atoms with E-state index in [0.29, 0.717) is 42.8 Å². The molecular weight excluding hydrogens is 1080 g/mol. The van der Waals surface area contributed by atoms with Crippen LogP contribution in [0.1, 0.15) is 72.8 Å². The number of ether oxygens (including phenoxy) is 3. The van der Waals surface area contributed by atoms with Crippen molar-refractivity contribution in [2.45, 2.75) is 68.3 Å². The first-order chi connectivity index (χ1) is 40.2. The van der Waals surface area contributed by atoms with E-state index >= 15 is 8.42 Å². The number of carbonyl (C=O) groups excluding carboxylic acids is 1. The summed E-state index contributed by atoms with van der Waals surface area (Å²) in [6.07, 6.45) is 6.37. The van der Waals surface area contributed by atoms with Gasteiger partial charge < -0.3 is 41.0 Å². The summed E-state index contributed by atoms with van der Waals surface area (Å²) in [6, 6.07) is 63.0. The normalized spacial score (nSPS) is 15.7. The second kappa shape index (κ2) is 25.1. The zero-order valence-electron chi connectivity index (χ0n) is 47.1. The molecule has 83 heavy (non-hydrogen) atoms. The topological polar surface area (TPSA) is 122 Å². The molecule has 0 aromatic heterocycles. The number of rotatable bonds is 20. The van der Waals surface area contributed by atoms with E-state index in [4.69, 9.17) is 18.6 Å². The lowest BCUT2D eigenvalue weighted by Crippen LogP contribution is -3.00. The summed E-state index contributed by atoms with van der Waals surface area (Å²) in [5.74, 6) is 1.99. The molecule has 1 atom stereocenters. The standard InChI is InChI=1S/C70H70N3O8S.ClH/c1-78-58-31-25-54(26-32-58)70(53-18-6-4-7-19-53,55-27-33-59(79-2)34-28-55)80-48-49(47-74)15-5-3-8-23-65(75)52-37-41-71(42-38-52)82(76,77)68-24-14-11-20-62(68)69-60-35-29-56(72-43-39-50-16-9-12-21-63(50)72)45-66(60)81-67-46-57(30-36-61(67)69)73-44-40-51-17-10-13-22-64(51)73;/h4,6-7,9-14,16-22,24-36,45-46,49,52,74H,3,5,8,15,23,37-44,47-48H2,1-2H3;1H/q+1;/p-1. The summed E-state index contributed by atoms with van der Waals surface area (Å²) in [5.41, 5.74) is 10.8. The summed E-state index contributed by atoms with van der Waals surface area (Å²) in [6.45, 7) is 2.49. The highest BCUT2D eigenvalue weighted by Gasteiger charge is 2.39. The van der Waals surface area contributed by atoms with E-state index in [0.717, 1.165) is 107 Å². The molecule has 1 aliphatic carbocycles. The van der Waals surface area contributed by atoms with Crippen LogP contribution in [0.15, 0.2) is 197 Å². The maximum Gasteiger partial charge on any atom is 0.243 e. The largest absolute Gasteiger partial charge is 1.00 e. The molecule has 11 nitrogen and oxygen atoms in total. The van der Waals surface area contributed by atoms with Crippen molar-refractivity contribution in [3.8, 4) is 33.9 Å². The van der Waals surface area contributed by atoms with Crippen LogP contribution < -0.4 is 36.7 Å². The number of ketones is 1. The van der Waals surface area contributed by atoms with E-state index in [9.17, 15) is 9.90 Å². The Hall–Kier alpha value is -7.58. The van der Waals surface area contributed by atoms with Gasteiger partial charge in [-0.2, -0.15) is 8.88 Å². The fraction of sp³-hybridized carbons (Fsp3) is 0.286. The lowest BCUT2D eigenvalue weighted by atomic mass is 9.79. The number of aliphatic hydroxyl groups excluding tert-OH is 1. The van der Waals surface area contributed by atoms with Crippen LogP contribution in [0.2, 0.25) is 0 Å². The van der Waals surface area contributed by atoms with Gasteiger partial charge in [0, 0.05) is 108 Å². The number of hydrogen-bond acceptors (Lipinski definition) is 9. The lowest BCUT2D eigenvalue weighted by Gasteiger charge is -2.37. The number of halogens is 1. The van der Waals surface area contributed by atoms with Gasteiger partial charge in [0.25, 0.3) is 0 Å². The summed E-state index contributed by atoms with van der Waals surface area (Å²) >= 11 is 0. The molecule has 1 saturated heterocycles. The highest BCUT2D eigenvalue weighted by molar-refractivity contribution is 7.89. The predicted octanol–water partition coefficient (Wildman–Crippen LogP) is 10.1. The summed E-state index contributed by atoms with van der Waals surface area (Å²) in [5, 5.41) is 12.6. The first-order valence-electron chi connectivity index (χ1n) is 28.9. The first-order valence-corrected chi connectivity index (χ1v) is 30.4. The van der Waals surface area contributed by atoms with Gasteiger partial charge in [-0.05, 0) is 109 Å². The van der Waals surface area contributed by atoms with Gasteiger partial charge in [-0.15, -0.1) is 0 Å². The molecular formula is C70H70ClN3O8S. The van der Waals surface area contributed by atoms with E-state index in [1.807, 2.05) is 78.9 Å². The molecule has 4 aliphatic heterocycles. The van der Waals surface area contributed by atoms with Crippen LogP contribution in [0.5, 0.6) is 11.5 Å². The van der Waals surface area contributed by atoms with Gasteiger partial charge in [0.15, 0.2) is 6.54 Å². The average molecular weight is 1150 g/mol. The monoisotopic (exact) mass is 1150 g/mol. The van der Waals surface area contributed by atoms with Gasteiger partial charge in [-0.1, -0.05) is 122 Å². The highest BCUT2D eigenvalue weighted by Crippen LogP contribution is 2.46. The number of hydrogen-bond donors (Lipinski definition) is 1. The van der Waals surface area contributed by atoms with Crippen molar-refractivity contribution in [1.29, 1.82) is 0 Å². The highest BCUT2D eigenvalue weighted by atomic mass is 35.5. The number of Topliss-reactive ketones (excluding diaryl/α,β-unsaturated/α-hetero) is 1. The number of unbranched alkanes of at least 4 members (excludes halogenated alkanes) is 2. The number of nitrogens with zero attached hydrogens (tertiary/aromatic N) is 3. The molecule has 0 radical (unpaired) electrons. The number of aliphatic hydroxyl groups is 1. The zero-order chi connectivity index (χ0) is 56.2. The Bertz CT molecular complexity index is 3850. The molecule has 0 amide bonds. The number of anilines is 2. The fourth-order valence-corrected chi connectivity index (χ4v) is 14.5. The van der Waals surface area contributed by atoms with Gasteiger partial charge in [-0.3, -0.25) is 4.79 Å². The van der Waals surface area contributed by atoms with Crippen molar-refractivity contribution in [1.82, 2.24) is 8.88 Å². The Morgan fingerprint density at radius 3 is 2.07 bits per heavy atom. The van der Waals surface area contributed by atoms with Crippen molar-refractivity contribution >= 4 is 43.8 Å². The summed E-state index contributed by atoms with van der Waals surface area (Å²) in [7, 11) is -0.704. The number of para-hydroxylation sites is 2. The SMILES string of the molecule is COc1ccc(C(OCC(CO)CCCCCC(=O)C2CCN(S(=O)(=O)c3ccccc3-c3c4ccc(=[N+]5CCc6ccccc65)cc-4oc4cc(N5CCc6ccccc65)ccc34)CC2)(c2ccccc2)c2ccc(OC)cc2)cc1.[Cl-]. The molecule has 426 valence electrons. The number of benzene rings is 8. The van der Waals surface area contributed by atoms with E-state index in [2.05, 4.69) is 107 Å². The predicted molar refractivity (Wildman–Crippen MR) is 324 cm³/mol. The Labute approximate surface area is 493 Å². The first kappa shape index (κ1) is 57.2.